The third-order valence-electron chi connectivity index (χ3n) is 3.58. The van der Waals surface area contributed by atoms with Crippen molar-refractivity contribution in [1.82, 2.24) is 0 Å². The SMILES string of the molecule is C=CCc1ccc(CCC2=CC=C(C)CC2)cc1.CC. The zero-order chi connectivity index (χ0) is 14.8. The number of hydrogen-bond acceptors (Lipinski definition) is 0. The van der Waals surface area contributed by atoms with Crippen LogP contribution in [0.2, 0.25) is 0 Å². The Morgan fingerprint density at radius 2 is 1.60 bits per heavy atom. The van der Waals surface area contributed by atoms with Gasteiger partial charge in [0.05, 0.1) is 0 Å². The summed E-state index contributed by atoms with van der Waals surface area (Å²) in [4.78, 5) is 0. The molecule has 0 N–H and O–H groups in total. The van der Waals surface area contributed by atoms with E-state index in [0.717, 1.165) is 12.8 Å². The fourth-order valence-corrected chi connectivity index (χ4v) is 2.31. The van der Waals surface area contributed by atoms with Gasteiger partial charge in [-0.1, -0.05) is 67.5 Å². The molecular weight excluding hydrogens is 240 g/mol. The van der Waals surface area contributed by atoms with Crippen LogP contribution in [0.4, 0.5) is 0 Å². The van der Waals surface area contributed by atoms with Crippen LogP contribution in [0.3, 0.4) is 0 Å². The fraction of sp³-hybridized carbons (Fsp3) is 0.400. The normalized spacial score (nSPS) is 13.8. The van der Waals surface area contributed by atoms with Crippen molar-refractivity contribution in [3.05, 3.63) is 71.3 Å². The molecule has 0 saturated carbocycles. The van der Waals surface area contributed by atoms with E-state index < -0.39 is 0 Å². The predicted octanol–water partition coefficient (Wildman–Crippen LogP) is 6.04. The number of aryl methyl sites for hydroxylation is 1. The van der Waals surface area contributed by atoms with Crippen LogP contribution in [0.5, 0.6) is 0 Å². The maximum Gasteiger partial charge on any atom is -0.0100 e. The monoisotopic (exact) mass is 268 g/mol. The van der Waals surface area contributed by atoms with E-state index in [1.54, 1.807) is 5.57 Å². The average molecular weight is 268 g/mol. The molecule has 0 bridgehead atoms. The second-order valence-electron chi connectivity index (χ2n) is 5.15. The molecule has 0 heterocycles. The molecule has 1 aliphatic rings. The lowest BCUT2D eigenvalue weighted by molar-refractivity contribution is 0.816. The minimum atomic E-state index is 0.968. The Labute approximate surface area is 124 Å². The first-order valence-electron chi connectivity index (χ1n) is 7.82. The van der Waals surface area contributed by atoms with Crippen LogP contribution < -0.4 is 0 Å². The van der Waals surface area contributed by atoms with Crippen LogP contribution >= 0.6 is 0 Å². The van der Waals surface area contributed by atoms with E-state index in [2.05, 4.69) is 49.9 Å². The summed E-state index contributed by atoms with van der Waals surface area (Å²) in [6.07, 6.45) is 12.3. The summed E-state index contributed by atoms with van der Waals surface area (Å²) in [5, 5.41) is 0. The van der Waals surface area contributed by atoms with E-state index in [4.69, 9.17) is 0 Å². The molecular formula is C20H28. The quantitative estimate of drug-likeness (QED) is 0.571. The second kappa shape index (κ2) is 9.36. The highest BCUT2D eigenvalue weighted by Gasteiger charge is 2.03. The number of rotatable bonds is 5. The molecule has 0 heteroatoms. The minimum absolute atomic E-state index is 0.968. The lowest BCUT2D eigenvalue weighted by atomic mass is 9.94. The molecule has 1 aromatic carbocycles. The molecule has 0 atom stereocenters. The molecule has 0 unspecified atom stereocenters. The van der Waals surface area contributed by atoms with E-state index in [0.29, 0.717) is 0 Å². The number of allylic oxidation sites excluding steroid dienone is 5. The molecule has 0 aliphatic heterocycles. The summed E-state index contributed by atoms with van der Waals surface area (Å²) in [6, 6.07) is 8.94. The van der Waals surface area contributed by atoms with Crippen molar-refractivity contribution < 1.29 is 0 Å². The Morgan fingerprint density at radius 1 is 0.950 bits per heavy atom. The lowest BCUT2D eigenvalue weighted by Gasteiger charge is -2.12. The van der Waals surface area contributed by atoms with E-state index in [9.17, 15) is 0 Å². The first-order valence-corrected chi connectivity index (χ1v) is 7.82. The van der Waals surface area contributed by atoms with E-state index in [1.165, 1.54) is 36.0 Å². The molecule has 0 spiro atoms. The zero-order valence-corrected chi connectivity index (χ0v) is 13.3. The van der Waals surface area contributed by atoms with Gasteiger partial charge in [-0.15, -0.1) is 6.58 Å². The molecule has 108 valence electrons. The van der Waals surface area contributed by atoms with Crippen LogP contribution in [0, 0.1) is 0 Å². The van der Waals surface area contributed by atoms with Gasteiger partial charge in [0.25, 0.3) is 0 Å². The summed E-state index contributed by atoms with van der Waals surface area (Å²) < 4.78 is 0. The summed E-state index contributed by atoms with van der Waals surface area (Å²) >= 11 is 0. The highest BCUT2D eigenvalue weighted by atomic mass is 14.1. The third kappa shape index (κ3) is 5.61. The Bertz CT molecular complexity index is 457. The van der Waals surface area contributed by atoms with Gasteiger partial charge in [-0.3, -0.25) is 0 Å². The van der Waals surface area contributed by atoms with Gasteiger partial charge in [0, 0.05) is 0 Å². The number of benzene rings is 1. The molecule has 0 radical (unpaired) electrons. The summed E-state index contributed by atoms with van der Waals surface area (Å²) in [5.74, 6) is 0. The van der Waals surface area contributed by atoms with Gasteiger partial charge < -0.3 is 0 Å². The summed E-state index contributed by atoms with van der Waals surface area (Å²) in [6.45, 7) is 9.98. The molecule has 2 rings (SSSR count). The minimum Gasteiger partial charge on any atom is -0.103 e. The Morgan fingerprint density at radius 3 is 2.15 bits per heavy atom. The molecule has 0 nitrogen and oxygen atoms in total. The molecule has 1 aromatic rings. The maximum absolute atomic E-state index is 3.77. The Kier molecular flexibility index (Phi) is 7.72. The highest BCUT2D eigenvalue weighted by Crippen LogP contribution is 2.22. The zero-order valence-electron chi connectivity index (χ0n) is 13.3. The van der Waals surface area contributed by atoms with Gasteiger partial charge in [-0.2, -0.15) is 0 Å². The largest absolute Gasteiger partial charge is 0.103 e. The van der Waals surface area contributed by atoms with Gasteiger partial charge in [0.15, 0.2) is 0 Å². The summed E-state index contributed by atoms with van der Waals surface area (Å²) in [5.41, 5.74) is 5.89. The molecule has 0 saturated heterocycles. The average Bonchev–Trinajstić information content (AvgIpc) is 2.50. The first kappa shape index (κ1) is 16.5. The predicted molar refractivity (Wildman–Crippen MR) is 91.1 cm³/mol. The Balaban J connectivity index is 0.000000956. The second-order valence-corrected chi connectivity index (χ2v) is 5.15. The fourth-order valence-electron chi connectivity index (χ4n) is 2.31. The maximum atomic E-state index is 3.77. The molecule has 0 aromatic heterocycles. The van der Waals surface area contributed by atoms with Gasteiger partial charge in [-0.05, 0) is 50.2 Å². The van der Waals surface area contributed by atoms with Crippen LogP contribution in [0.15, 0.2) is 60.2 Å². The van der Waals surface area contributed by atoms with E-state index >= 15 is 0 Å². The molecule has 0 amide bonds. The molecule has 1 aliphatic carbocycles. The van der Waals surface area contributed by atoms with E-state index in [-0.39, 0.29) is 0 Å². The topological polar surface area (TPSA) is 0 Å². The van der Waals surface area contributed by atoms with Crippen molar-refractivity contribution in [3.8, 4) is 0 Å². The molecule has 0 fully saturated rings. The van der Waals surface area contributed by atoms with Gasteiger partial charge in [0.2, 0.25) is 0 Å². The summed E-state index contributed by atoms with van der Waals surface area (Å²) in [7, 11) is 0. The standard InChI is InChI=1S/C18H22.C2H6/c1-3-4-16-9-11-18(12-10-16)14-13-17-7-5-15(2)6-8-17;1-2/h3,5,7,9-12H,1,4,6,8,13-14H2,2H3;1-2H3. The molecule has 20 heavy (non-hydrogen) atoms. The lowest BCUT2D eigenvalue weighted by Crippen LogP contribution is -1.94. The van der Waals surface area contributed by atoms with Crippen molar-refractivity contribution in [2.75, 3.05) is 0 Å². The van der Waals surface area contributed by atoms with Crippen LogP contribution in [0.25, 0.3) is 0 Å². The third-order valence-corrected chi connectivity index (χ3v) is 3.58. The van der Waals surface area contributed by atoms with Crippen LogP contribution in [-0.2, 0) is 12.8 Å². The Hall–Kier alpha value is -1.56. The van der Waals surface area contributed by atoms with Crippen molar-refractivity contribution in [1.29, 1.82) is 0 Å². The van der Waals surface area contributed by atoms with Gasteiger partial charge in [-0.25, -0.2) is 0 Å². The van der Waals surface area contributed by atoms with Crippen molar-refractivity contribution in [3.63, 3.8) is 0 Å². The van der Waals surface area contributed by atoms with Crippen molar-refractivity contribution in [2.45, 2.75) is 52.9 Å². The smallest absolute Gasteiger partial charge is 0.0100 e. The van der Waals surface area contributed by atoms with Crippen LogP contribution in [-0.4, -0.2) is 0 Å². The van der Waals surface area contributed by atoms with Gasteiger partial charge in [0.1, 0.15) is 0 Å². The van der Waals surface area contributed by atoms with Gasteiger partial charge >= 0.3 is 0 Å². The number of hydrogen-bond donors (Lipinski definition) is 0. The van der Waals surface area contributed by atoms with Crippen molar-refractivity contribution in [2.24, 2.45) is 0 Å². The van der Waals surface area contributed by atoms with Crippen LogP contribution in [0.1, 0.15) is 51.2 Å². The first-order chi connectivity index (χ1) is 9.78. The van der Waals surface area contributed by atoms with Crippen molar-refractivity contribution >= 4 is 0 Å². The highest BCUT2D eigenvalue weighted by molar-refractivity contribution is 5.27. The van der Waals surface area contributed by atoms with E-state index in [1.807, 2.05) is 19.9 Å².